The summed E-state index contributed by atoms with van der Waals surface area (Å²) in [4.78, 5) is 30.1. The Kier molecular flexibility index (Phi) is 6.84. The number of allylic oxidation sites excluding steroid dienone is 1. The van der Waals surface area contributed by atoms with Gasteiger partial charge < -0.3 is 24.4 Å². The van der Waals surface area contributed by atoms with Gasteiger partial charge in [0.1, 0.15) is 28.3 Å². The number of piperazine rings is 1. The van der Waals surface area contributed by atoms with E-state index in [-0.39, 0.29) is 34.8 Å². The van der Waals surface area contributed by atoms with E-state index in [0.717, 1.165) is 18.4 Å². The number of ether oxygens (including phenoxy) is 2. The topological polar surface area (TPSA) is 101 Å². The second-order valence-corrected chi connectivity index (χ2v) is 11.1. The van der Waals surface area contributed by atoms with E-state index < -0.39 is 11.4 Å². The molecule has 3 fully saturated rings. The van der Waals surface area contributed by atoms with Crippen LogP contribution in [0.15, 0.2) is 30.5 Å². The number of aromatic nitrogens is 3. The molecule has 2 saturated heterocycles. The third-order valence-corrected chi connectivity index (χ3v) is 8.18. The maximum absolute atomic E-state index is 16.2. The van der Waals surface area contributed by atoms with Gasteiger partial charge in [0.15, 0.2) is 5.82 Å². The Balaban J connectivity index is 1.42. The molecule has 1 spiro atoms. The van der Waals surface area contributed by atoms with Crippen molar-refractivity contribution in [3.05, 3.63) is 46.9 Å². The molecule has 0 bridgehead atoms. The van der Waals surface area contributed by atoms with Crippen LogP contribution < -0.4 is 9.64 Å². The minimum Gasteiger partial charge on any atom is -0.508 e. The van der Waals surface area contributed by atoms with Crippen LogP contribution in [0.3, 0.4) is 0 Å². The number of benzene rings is 1. The van der Waals surface area contributed by atoms with Crippen molar-refractivity contribution in [1.29, 1.82) is 0 Å². The number of aromatic hydroxyl groups is 1. The molecule has 1 N–H and O–H groups in total. The summed E-state index contributed by atoms with van der Waals surface area (Å²) in [5, 5.41) is 11.6. The summed E-state index contributed by atoms with van der Waals surface area (Å²) in [7, 11) is 1.43. The van der Waals surface area contributed by atoms with Crippen LogP contribution in [0.25, 0.3) is 22.2 Å². The average molecular weight is 619 g/mol. The van der Waals surface area contributed by atoms with Crippen LogP contribution in [-0.2, 0) is 9.53 Å². The number of phenolic OH excluding ortho intramolecular Hbond substituents is 1. The molecular weight excluding hydrogens is 593 g/mol. The zero-order valence-corrected chi connectivity index (χ0v) is 23.5. The molecule has 12 heteroatoms. The molecule has 9 nitrogen and oxygen atoms in total. The molecule has 1 aromatic carbocycles. The van der Waals surface area contributed by atoms with Crippen molar-refractivity contribution in [3.8, 4) is 23.0 Å². The second kappa shape index (κ2) is 10.2. The number of rotatable bonds is 6. The summed E-state index contributed by atoms with van der Waals surface area (Å²) in [6.07, 6.45) is 6.78. The molecule has 6 rings (SSSR count). The van der Waals surface area contributed by atoms with E-state index in [4.69, 9.17) is 21.1 Å². The monoisotopic (exact) mass is 617 g/mol. The SMILES string of the molecule is COc1nc(N2CCN(C(=O)/C=C/CBr)C3(COC3)C2)c2cnc(-c3cc(O)cc(Cl)c3C3CC3)c(F)c2n1. The van der Waals surface area contributed by atoms with E-state index in [1.807, 2.05) is 9.80 Å². The lowest BCUT2D eigenvalue weighted by molar-refractivity contribution is -0.164. The smallest absolute Gasteiger partial charge is 0.318 e. The number of anilines is 1. The third-order valence-electron chi connectivity index (χ3n) is 7.49. The highest BCUT2D eigenvalue weighted by atomic mass is 79.9. The zero-order valence-electron chi connectivity index (χ0n) is 21.2. The lowest BCUT2D eigenvalue weighted by Crippen LogP contribution is -2.72. The number of alkyl halides is 1. The highest BCUT2D eigenvalue weighted by Gasteiger charge is 2.50. The fourth-order valence-corrected chi connectivity index (χ4v) is 6.01. The maximum atomic E-state index is 16.2. The number of halogens is 3. The Morgan fingerprint density at radius 2 is 2.13 bits per heavy atom. The first-order valence-electron chi connectivity index (χ1n) is 12.6. The summed E-state index contributed by atoms with van der Waals surface area (Å²) >= 11 is 9.78. The quantitative estimate of drug-likeness (QED) is 0.320. The number of fused-ring (bicyclic) bond motifs is 1. The van der Waals surface area contributed by atoms with Gasteiger partial charge in [0.25, 0.3) is 0 Å². The van der Waals surface area contributed by atoms with Crippen LogP contribution >= 0.6 is 27.5 Å². The van der Waals surface area contributed by atoms with Crippen LogP contribution in [0.5, 0.6) is 11.8 Å². The summed E-state index contributed by atoms with van der Waals surface area (Å²) in [6, 6.07) is 2.99. The Hall–Kier alpha value is -3.02. The summed E-state index contributed by atoms with van der Waals surface area (Å²) in [6.45, 7) is 2.17. The zero-order chi connectivity index (χ0) is 27.3. The van der Waals surface area contributed by atoms with Gasteiger partial charge >= 0.3 is 6.01 Å². The van der Waals surface area contributed by atoms with Crippen molar-refractivity contribution < 1.29 is 23.8 Å². The Morgan fingerprint density at radius 3 is 2.79 bits per heavy atom. The van der Waals surface area contributed by atoms with E-state index in [9.17, 15) is 9.90 Å². The van der Waals surface area contributed by atoms with Crippen molar-refractivity contribution in [2.24, 2.45) is 0 Å². The minimum atomic E-state index is -0.645. The highest BCUT2D eigenvalue weighted by Crippen LogP contribution is 2.49. The van der Waals surface area contributed by atoms with Crippen molar-refractivity contribution in [2.45, 2.75) is 24.3 Å². The van der Waals surface area contributed by atoms with Gasteiger partial charge in [-0.05, 0) is 42.5 Å². The molecule has 0 atom stereocenters. The molecule has 3 aliphatic rings. The lowest BCUT2D eigenvalue weighted by atomic mass is 9.91. The average Bonchev–Trinajstić information content (AvgIpc) is 3.75. The lowest BCUT2D eigenvalue weighted by Gasteiger charge is -2.55. The maximum Gasteiger partial charge on any atom is 0.318 e. The normalized spacial score (nSPS) is 18.7. The van der Waals surface area contributed by atoms with E-state index >= 15 is 4.39 Å². The van der Waals surface area contributed by atoms with E-state index in [2.05, 4.69) is 30.9 Å². The van der Waals surface area contributed by atoms with Gasteiger partial charge in [-0.2, -0.15) is 9.97 Å². The molecule has 1 aliphatic carbocycles. The van der Waals surface area contributed by atoms with Gasteiger partial charge in [-0.25, -0.2) is 4.39 Å². The minimum absolute atomic E-state index is 0.0163. The number of carbonyl (C=O) groups is 1. The highest BCUT2D eigenvalue weighted by molar-refractivity contribution is 9.09. The van der Waals surface area contributed by atoms with Crippen LogP contribution in [0.1, 0.15) is 24.3 Å². The van der Waals surface area contributed by atoms with Crippen LogP contribution in [0.2, 0.25) is 5.02 Å². The Morgan fingerprint density at radius 1 is 1.33 bits per heavy atom. The summed E-state index contributed by atoms with van der Waals surface area (Å²) < 4.78 is 27.1. The number of pyridine rings is 1. The van der Waals surface area contributed by atoms with E-state index in [1.54, 1.807) is 18.3 Å². The van der Waals surface area contributed by atoms with Gasteiger partial charge in [-0.1, -0.05) is 33.6 Å². The molecule has 1 amide bonds. The molecule has 39 heavy (non-hydrogen) atoms. The van der Waals surface area contributed by atoms with Crippen molar-refractivity contribution >= 4 is 50.2 Å². The number of amides is 1. The van der Waals surface area contributed by atoms with Crippen molar-refractivity contribution in [1.82, 2.24) is 19.9 Å². The first-order valence-corrected chi connectivity index (χ1v) is 14.1. The molecule has 0 unspecified atom stereocenters. The van der Waals surface area contributed by atoms with Gasteiger partial charge in [0, 0.05) is 41.7 Å². The van der Waals surface area contributed by atoms with Gasteiger partial charge in [0.2, 0.25) is 5.91 Å². The first kappa shape index (κ1) is 26.2. The number of nitrogens with zero attached hydrogens (tertiary/aromatic N) is 5. The fraction of sp³-hybridized carbons (Fsp3) is 0.407. The Bertz CT molecular complexity index is 1500. The predicted molar refractivity (Wildman–Crippen MR) is 148 cm³/mol. The third kappa shape index (κ3) is 4.60. The first-order chi connectivity index (χ1) is 18.8. The van der Waals surface area contributed by atoms with Crippen molar-refractivity contribution in [2.75, 3.05) is 50.2 Å². The number of methoxy groups -OCH3 is 1. The van der Waals surface area contributed by atoms with Crippen molar-refractivity contribution in [3.63, 3.8) is 0 Å². The van der Waals surface area contributed by atoms with Gasteiger partial charge in [0.05, 0.1) is 25.7 Å². The summed E-state index contributed by atoms with van der Waals surface area (Å²) in [5.41, 5.74) is 0.839. The number of carbonyl (C=O) groups excluding carboxylic acids is 1. The number of hydrogen-bond acceptors (Lipinski definition) is 8. The predicted octanol–water partition coefficient (Wildman–Crippen LogP) is 4.44. The second-order valence-electron chi connectivity index (χ2n) is 10.1. The molecule has 2 aromatic heterocycles. The van der Waals surface area contributed by atoms with Gasteiger partial charge in [-0.15, -0.1) is 0 Å². The van der Waals surface area contributed by atoms with E-state index in [1.165, 1.54) is 19.2 Å². The molecule has 3 aromatic rings. The molecule has 0 radical (unpaired) electrons. The standard InChI is InChI=1S/C27H26BrClFN5O4/c1-38-26-32-24-18(11-31-23(22(24)30)17-9-16(36)10-19(29)21(17)15-4-5-15)25(33-26)34-7-8-35(20(37)3-2-6-28)27(12-34)13-39-14-27/h2-3,9-11,15,36H,4-8,12-14H2,1H3/b3-2+. The number of phenols is 1. The molecule has 2 aliphatic heterocycles. The number of hydrogen-bond donors (Lipinski definition) is 1. The van der Waals surface area contributed by atoms with Crippen LogP contribution in [0.4, 0.5) is 10.2 Å². The molecule has 4 heterocycles. The molecule has 1 saturated carbocycles. The molecule has 204 valence electrons. The van der Waals surface area contributed by atoms with Crippen LogP contribution in [-0.4, -0.2) is 81.7 Å². The summed E-state index contributed by atoms with van der Waals surface area (Å²) in [5.74, 6) is -0.108. The van der Waals surface area contributed by atoms with E-state index in [0.29, 0.717) is 60.0 Å². The molecular formula is C27H26BrClFN5O4. The largest absolute Gasteiger partial charge is 0.508 e. The Labute approximate surface area is 237 Å². The van der Waals surface area contributed by atoms with Gasteiger partial charge in [-0.3, -0.25) is 9.78 Å². The van der Waals surface area contributed by atoms with Crippen LogP contribution in [0, 0.1) is 5.82 Å². The fourth-order valence-electron chi connectivity index (χ4n) is 5.45.